The molecule has 1 aromatic heterocycles. The minimum Gasteiger partial charge on any atom is -0.465 e. The van der Waals surface area contributed by atoms with E-state index in [1.165, 1.54) is 7.11 Å². The van der Waals surface area contributed by atoms with Gasteiger partial charge in [-0.25, -0.2) is 4.79 Å². The molecule has 96 valence electrons. The Balaban J connectivity index is 2.13. The topological polar surface area (TPSA) is 60.3 Å². The van der Waals surface area contributed by atoms with Crippen molar-refractivity contribution >= 4 is 17.7 Å². The summed E-state index contributed by atoms with van der Waals surface area (Å²) in [7, 11) is 1.36. The molecule has 0 saturated heterocycles. The summed E-state index contributed by atoms with van der Waals surface area (Å²) in [5, 5.41) is 2.86. The molecule has 2 unspecified atom stereocenters. The molecule has 0 aromatic carbocycles. The fourth-order valence-electron chi connectivity index (χ4n) is 3.19. The Morgan fingerprint density at radius 1 is 1.50 bits per heavy atom. The molecule has 1 N–H and O–H groups in total. The van der Waals surface area contributed by atoms with E-state index in [-0.39, 0.29) is 17.9 Å². The lowest BCUT2D eigenvalue weighted by Gasteiger charge is -2.28. The number of aromatic nitrogens is 1. The predicted octanol–water partition coefficient (Wildman–Crippen LogP) is 1.88. The van der Waals surface area contributed by atoms with Crippen LogP contribution in [0, 0.1) is 12.8 Å². The van der Waals surface area contributed by atoms with E-state index >= 15 is 0 Å². The van der Waals surface area contributed by atoms with Gasteiger partial charge in [-0.2, -0.15) is 0 Å². The van der Waals surface area contributed by atoms with Crippen molar-refractivity contribution in [3.8, 4) is 0 Å². The number of fused-ring (bicyclic) bond motifs is 3. The molecular formula is C13H16N2O3. The molecule has 1 aromatic rings. The van der Waals surface area contributed by atoms with Crippen molar-refractivity contribution in [3.63, 3.8) is 0 Å². The number of rotatable bonds is 1. The molecule has 1 amide bonds. The highest BCUT2D eigenvalue weighted by Crippen LogP contribution is 2.43. The molecule has 2 heterocycles. The van der Waals surface area contributed by atoms with Crippen molar-refractivity contribution in [1.29, 1.82) is 0 Å². The standard InChI is InChI=1S/C13H16N2O3/c1-7-6-15-9-5-3-4-8(9)12(16)14-11(15)10(7)13(17)18-2/h6,8-9H,3-5H2,1-2H3,(H,14,16). The van der Waals surface area contributed by atoms with E-state index in [1.54, 1.807) is 0 Å². The first-order valence-electron chi connectivity index (χ1n) is 6.24. The number of carbonyl (C=O) groups is 2. The lowest BCUT2D eigenvalue weighted by atomic mass is 10.0. The monoisotopic (exact) mass is 248 g/mol. The Kier molecular flexibility index (Phi) is 2.43. The summed E-state index contributed by atoms with van der Waals surface area (Å²) in [6, 6.07) is 0.200. The first-order chi connectivity index (χ1) is 8.63. The van der Waals surface area contributed by atoms with Crippen molar-refractivity contribution in [3.05, 3.63) is 17.3 Å². The van der Waals surface area contributed by atoms with Crippen LogP contribution in [0.3, 0.4) is 0 Å². The number of nitrogens with zero attached hydrogens (tertiary/aromatic N) is 1. The zero-order valence-electron chi connectivity index (χ0n) is 10.5. The molecule has 0 bridgehead atoms. The van der Waals surface area contributed by atoms with E-state index < -0.39 is 5.97 Å². The average Bonchev–Trinajstić information content (AvgIpc) is 2.93. The lowest BCUT2D eigenvalue weighted by Crippen LogP contribution is -2.34. The van der Waals surface area contributed by atoms with Gasteiger partial charge in [-0.1, -0.05) is 6.42 Å². The summed E-state index contributed by atoms with van der Waals surface area (Å²) in [4.78, 5) is 23.8. The SMILES string of the molecule is COC(=O)c1c(C)cn2c1NC(=O)C1CCCC12. The molecule has 5 heteroatoms. The maximum Gasteiger partial charge on any atom is 0.341 e. The molecule has 2 atom stereocenters. The molecule has 1 fully saturated rings. The highest BCUT2D eigenvalue weighted by Gasteiger charge is 2.41. The summed E-state index contributed by atoms with van der Waals surface area (Å²) in [6.07, 6.45) is 4.94. The fourth-order valence-corrected chi connectivity index (χ4v) is 3.19. The van der Waals surface area contributed by atoms with Gasteiger partial charge in [-0.05, 0) is 25.3 Å². The summed E-state index contributed by atoms with van der Waals surface area (Å²) in [5.41, 5.74) is 1.33. The van der Waals surface area contributed by atoms with Crippen LogP contribution in [-0.2, 0) is 9.53 Å². The van der Waals surface area contributed by atoms with E-state index in [1.807, 2.05) is 17.7 Å². The molecular weight excluding hydrogens is 232 g/mol. The molecule has 2 aliphatic rings. The van der Waals surface area contributed by atoms with Crippen LogP contribution in [0.25, 0.3) is 0 Å². The van der Waals surface area contributed by atoms with Crippen molar-refractivity contribution in [1.82, 2.24) is 4.57 Å². The van der Waals surface area contributed by atoms with Crippen molar-refractivity contribution in [2.45, 2.75) is 32.2 Å². The molecule has 3 rings (SSSR count). The average molecular weight is 248 g/mol. The number of anilines is 1. The van der Waals surface area contributed by atoms with Gasteiger partial charge >= 0.3 is 5.97 Å². The third kappa shape index (κ3) is 1.39. The van der Waals surface area contributed by atoms with Gasteiger partial charge in [0.25, 0.3) is 0 Å². The summed E-state index contributed by atoms with van der Waals surface area (Å²) >= 11 is 0. The van der Waals surface area contributed by atoms with Gasteiger partial charge in [-0.3, -0.25) is 4.79 Å². The number of carbonyl (C=O) groups excluding carboxylic acids is 2. The molecule has 5 nitrogen and oxygen atoms in total. The molecule has 1 aliphatic heterocycles. The second-order valence-corrected chi connectivity index (χ2v) is 5.03. The first-order valence-corrected chi connectivity index (χ1v) is 6.24. The van der Waals surface area contributed by atoms with E-state index in [0.717, 1.165) is 24.8 Å². The fraction of sp³-hybridized carbons (Fsp3) is 0.538. The maximum atomic E-state index is 12.0. The van der Waals surface area contributed by atoms with E-state index in [0.29, 0.717) is 11.4 Å². The minimum atomic E-state index is -0.391. The minimum absolute atomic E-state index is 0.0354. The summed E-state index contributed by atoms with van der Waals surface area (Å²) < 4.78 is 6.83. The Labute approximate surface area is 105 Å². The van der Waals surface area contributed by atoms with Crippen LogP contribution in [-0.4, -0.2) is 23.6 Å². The third-order valence-corrected chi connectivity index (χ3v) is 4.03. The normalized spacial score (nSPS) is 25.3. The van der Waals surface area contributed by atoms with Crippen molar-refractivity contribution in [2.24, 2.45) is 5.92 Å². The van der Waals surface area contributed by atoms with Crippen LogP contribution in [0.4, 0.5) is 5.82 Å². The van der Waals surface area contributed by atoms with Gasteiger partial charge in [0.1, 0.15) is 11.4 Å². The number of ether oxygens (including phenoxy) is 1. The van der Waals surface area contributed by atoms with Gasteiger partial charge in [0.05, 0.1) is 13.0 Å². The Morgan fingerprint density at radius 2 is 2.28 bits per heavy atom. The predicted molar refractivity (Wildman–Crippen MR) is 65.5 cm³/mol. The Morgan fingerprint density at radius 3 is 3.00 bits per heavy atom. The highest BCUT2D eigenvalue weighted by atomic mass is 16.5. The summed E-state index contributed by atoms with van der Waals surface area (Å²) in [5.74, 6) is 0.300. The van der Waals surface area contributed by atoms with E-state index in [9.17, 15) is 9.59 Å². The molecule has 1 aliphatic carbocycles. The van der Waals surface area contributed by atoms with E-state index in [4.69, 9.17) is 4.74 Å². The highest BCUT2D eigenvalue weighted by molar-refractivity contribution is 6.03. The molecule has 18 heavy (non-hydrogen) atoms. The second kappa shape index (κ2) is 3.86. The molecule has 0 radical (unpaired) electrons. The number of amides is 1. The number of aryl methyl sites for hydroxylation is 1. The Bertz CT molecular complexity index is 533. The van der Waals surface area contributed by atoms with Gasteiger partial charge in [0.15, 0.2) is 0 Å². The number of nitrogens with one attached hydrogen (secondary N) is 1. The number of esters is 1. The van der Waals surface area contributed by atoms with Crippen LogP contribution in [0.1, 0.15) is 41.2 Å². The number of hydrogen-bond donors (Lipinski definition) is 1. The zero-order chi connectivity index (χ0) is 12.9. The van der Waals surface area contributed by atoms with Crippen LogP contribution in [0.2, 0.25) is 0 Å². The largest absolute Gasteiger partial charge is 0.465 e. The first kappa shape index (κ1) is 11.3. The smallest absolute Gasteiger partial charge is 0.341 e. The number of hydrogen-bond acceptors (Lipinski definition) is 3. The van der Waals surface area contributed by atoms with Gasteiger partial charge in [0, 0.05) is 12.2 Å². The van der Waals surface area contributed by atoms with Crippen LogP contribution in [0.15, 0.2) is 6.20 Å². The van der Waals surface area contributed by atoms with Gasteiger partial charge in [-0.15, -0.1) is 0 Å². The third-order valence-electron chi connectivity index (χ3n) is 4.03. The number of methoxy groups -OCH3 is 1. The van der Waals surface area contributed by atoms with Gasteiger partial charge < -0.3 is 14.6 Å². The zero-order valence-corrected chi connectivity index (χ0v) is 10.5. The van der Waals surface area contributed by atoms with Crippen LogP contribution < -0.4 is 5.32 Å². The second-order valence-electron chi connectivity index (χ2n) is 5.03. The molecule has 1 saturated carbocycles. The molecule has 0 spiro atoms. The van der Waals surface area contributed by atoms with Crippen molar-refractivity contribution in [2.75, 3.05) is 12.4 Å². The Hall–Kier alpha value is -1.78. The lowest BCUT2D eigenvalue weighted by molar-refractivity contribution is -0.121. The maximum absolute atomic E-state index is 12.0. The van der Waals surface area contributed by atoms with Crippen LogP contribution >= 0.6 is 0 Å². The van der Waals surface area contributed by atoms with Gasteiger partial charge in [0.2, 0.25) is 5.91 Å². The van der Waals surface area contributed by atoms with Crippen LogP contribution in [0.5, 0.6) is 0 Å². The quantitative estimate of drug-likeness (QED) is 0.772. The van der Waals surface area contributed by atoms with Crippen molar-refractivity contribution < 1.29 is 14.3 Å². The van der Waals surface area contributed by atoms with E-state index in [2.05, 4.69) is 5.32 Å². The summed E-state index contributed by atoms with van der Waals surface area (Å²) in [6.45, 7) is 1.87.